The standard InChI is InChI=1S/C9H19ClO/c1-2-3-4-5-6-8-11-9-7-10/h2-9H2,1H3. The van der Waals surface area contributed by atoms with Crippen molar-refractivity contribution in [3.05, 3.63) is 0 Å². The highest BCUT2D eigenvalue weighted by Gasteiger charge is 1.88. The molecule has 0 radical (unpaired) electrons. The first-order valence-electron chi connectivity index (χ1n) is 4.55. The van der Waals surface area contributed by atoms with Gasteiger partial charge in [-0.2, -0.15) is 0 Å². The Morgan fingerprint density at radius 3 is 2.36 bits per heavy atom. The van der Waals surface area contributed by atoms with Crippen molar-refractivity contribution in [1.82, 2.24) is 0 Å². The SMILES string of the molecule is CCCCCCCOCCCl. The first kappa shape index (κ1) is 11.2. The van der Waals surface area contributed by atoms with Crippen LogP contribution in [0.4, 0.5) is 0 Å². The van der Waals surface area contributed by atoms with Crippen LogP contribution in [0.2, 0.25) is 0 Å². The molecular formula is C9H19ClO. The minimum Gasteiger partial charge on any atom is -0.380 e. The fourth-order valence-electron chi connectivity index (χ4n) is 0.964. The van der Waals surface area contributed by atoms with Gasteiger partial charge in [0.05, 0.1) is 6.61 Å². The van der Waals surface area contributed by atoms with E-state index in [1.807, 2.05) is 0 Å². The van der Waals surface area contributed by atoms with Gasteiger partial charge < -0.3 is 4.74 Å². The van der Waals surface area contributed by atoms with Crippen LogP contribution in [0.15, 0.2) is 0 Å². The second-order valence-corrected chi connectivity index (χ2v) is 3.09. The molecule has 1 nitrogen and oxygen atoms in total. The summed E-state index contributed by atoms with van der Waals surface area (Å²) in [6.45, 7) is 3.82. The maximum Gasteiger partial charge on any atom is 0.0601 e. The van der Waals surface area contributed by atoms with Crippen LogP contribution >= 0.6 is 11.6 Å². The maximum atomic E-state index is 5.44. The number of unbranched alkanes of at least 4 members (excludes halogenated alkanes) is 4. The average Bonchev–Trinajstić information content (AvgIpc) is 2.03. The Morgan fingerprint density at radius 2 is 1.73 bits per heavy atom. The van der Waals surface area contributed by atoms with Crippen LogP contribution in [-0.2, 0) is 4.74 Å². The Hall–Kier alpha value is 0.250. The van der Waals surface area contributed by atoms with Gasteiger partial charge in [-0.25, -0.2) is 0 Å². The summed E-state index contributed by atoms with van der Waals surface area (Å²) >= 11 is 5.44. The van der Waals surface area contributed by atoms with Gasteiger partial charge in [-0.05, 0) is 6.42 Å². The maximum absolute atomic E-state index is 5.44. The van der Waals surface area contributed by atoms with E-state index in [4.69, 9.17) is 16.3 Å². The molecule has 0 aromatic rings. The lowest BCUT2D eigenvalue weighted by molar-refractivity contribution is 0.144. The van der Waals surface area contributed by atoms with Crippen LogP contribution in [0.3, 0.4) is 0 Å². The molecule has 0 atom stereocenters. The predicted octanol–water partition coefficient (Wildman–Crippen LogP) is 3.21. The van der Waals surface area contributed by atoms with Crippen LogP contribution in [-0.4, -0.2) is 19.1 Å². The summed E-state index contributed by atoms with van der Waals surface area (Å²) in [5, 5.41) is 0. The first-order chi connectivity index (χ1) is 5.41. The fraction of sp³-hybridized carbons (Fsp3) is 1.00. The van der Waals surface area contributed by atoms with Gasteiger partial charge in [-0.3, -0.25) is 0 Å². The van der Waals surface area contributed by atoms with Crippen molar-refractivity contribution in [3.63, 3.8) is 0 Å². The molecule has 0 spiro atoms. The molecule has 0 saturated heterocycles. The molecule has 68 valence electrons. The molecule has 0 aliphatic carbocycles. The van der Waals surface area contributed by atoms with E-state index in [0.29, 0.717) is 12.5 Å². The molecule has 0 aliphatic rings. The van der Waals surface area contributed by atoms with Gasteiger partial charge >= 0.3 is 0 Å². The van der Waals surface area contributed by atoms with Crippen molar-refractivity contribution in [2.45, 2.75) is 39.0 Å². The molecule has 0 aromatic carbocycles. The smallest absolute Gasteiger partial charge is 0.0601 e. The van der Waals surface area contributed by atoms with Crippen molar-refractivity contribution in [2.24, 2.45) is 0 Å². The highest BCUT2D eigenvalue weighted by molar-refractivity contribution is 6.17. The topological polar surface area (TPSA) is 9.23 Å². The van der Waals surface area contributed by atoms with E-state index in [1.54, 1.807) is 0 Å². The molecule has 0 aliphatic heterocycles. The van der Waals surface area contributed by atoms with E-state index in [-0.39, 0.29) is 0 Å². The van der Waals surface area contributed by atoms with Gasteiger partial charge in [0.25, 0.3) is 0 Å². The molecular weight excluding hydrogens is 160 g/mol. The minimum absolute atomic E-state index is 0.620. The molecule has 0 bridgehead atoms. The third-order valence-corrected chi connectivity index (χ3v) is 1.77. The minimum atomic E-state index is 0.620. The number of halogens is 1. The molecule has 0 saturated carbocycles. The summed E-state index contributed by atoms with van der Waals surface area (Å²) in [6.07, 6.45) is 6.51. The molecule has 0 fully saturated rings. The summed E-state index contributed by atoms with van der Waals surface area (Å²) in [6, 6.07) is 0. The number of rotatable bonds is 8. The number of hydrogen-bond acceptors (Lipinski definition) is 1. The molecule has 0 amide bonds. The molecule has 0 heterocycles. The number of hydrogen-bond donors (Lipinski definition) is 0. The highest BCUT2D eigenvalue weighted by Crippen LogP contribution is 2.02. The average molecular weight is 179 g/mol. The third-order valence-electron chi connectivity index (χ3n) is 1.61. The van der Waals surface area contributed by atoms with Crippen LogP contribution in [0.5, 0.6) is 0 Å². The summed E-state index contributed by atoms with van der Waals surface area (Å²) in [5.74, 6) is 0.620. The quantitative estimate of drug-likeness (QED) is 0.410. The highest BCUT2D eigenvalue weighted by atomic mass is 35.5. The molecule has 2 heteroatoms. The van der Waals surface area contributed by atoms with Crippen LogP contribution in [0, 0.1) is 0 Å². The lowest BCUT2D eigenvalue weighted by atomic mass is 10.2. The van der Waals surface area contributed by atoms with E-state index < -0.39 is 0 Å². The van der Waals surface area contributed by atoms with E-state index in [1.165, 1.54) is 32.1 Å². The Labute approximate surface area is 75.1 Å². The lowest BCUT2D eigenvalue weighted by Gasteiger charge is -2.00. The van der Waals surface area contributed by atoms with Gasteiger partial charge in [-0.1, -0.05) is 32.6 Å². The normalized spacial score (nSPS) is 10.4. The monoisotopic (exact) mass is 178 g/mol. The number of alkyl halides is 1. The van der Waals surface area contributed by atoms with Gasteiger partial charge in [-0.15, -0.1) is 11.6 Å². The van der Waals surface area contributed by atoms with Gasteiger partial charge in [0, 0.05) is 12.5 Å². The Morgan fingerprint density at radius 1 is 1.00 bits per heavy atom. The zero-order valence-electron chi connectivity index (χ0n) is 7.44. The largest absolute Gasteiger partial charge is 0.380 e. The molecule has 0 N–H and O–H groups in total. The van der Waals surface area contributed by atoms with Crippen molar-refractivity contribution in [1.29, 1.82) is 0 Å². The van der Waals surface area contributed by atoms with E-state index in [9.17, 15) is 0 Å². The zero-order valence-corrected chi connectivity index (χ0v) is 8.20. The van der Waals surface area contributed by atoms with Gasteiger partial charge in [0.2, 0.25) is 0 Å². The Balaban J connectivity index is 2.69. The van der Waals surface area contributed by atoms with E-state index in [2.05, 4.69) is 6.92 Å². The summed E-state index contributed by atoms with van der Waals surface area (Å²) in [5.41, 5.74) is 0. The van der Waals surface area contributed by atoms with Crippen molar-refractivity contribution in [3.8, 4) is 0 Å². The Kier molecular flexibility index (Phi) is 10.5. The summed E-state index contributed by atoms with van der Waals surface area (Å²) in [7, 11) is 0. The first-order valence-corrected chi connectivity index (χ1v) is 5.09. The van der Waals surface area contributed by atoms with Gasteiger partial charge in [0.1, 0.15) is 0 Å². The molecule has 0 unspecified atom stereocenters. The predicted molar refractivity (Wildman–Crippen MR) is 50.3 cm³/mol. The van der Waals surface area contributed by atoms with E-state index in [0.717, 1.165) is 6.61 Å². The fourth-order valence-corrected chi connectivity index (χ4v) is 1.07. The van der Waals surface area contributed by atoms with Crippen molar-refractivity contribution in [2.75, 3.05) is 19.1 Å². The van der Waals surface area contributed by atoms with Crippen molar-refractivity contribution < 1.29 is 4.74 Å². The van der Waals surface area contributed by atoms with Gasteiger partial charge in [0.15, 0.2) is 0 Å². The van der Waals surface area contributed by atoms with E-state index >= 15 is 0 Å². The third kappa shape index (κ3) is 10.2. The molecule has 0 rings (SSSR count). The van der Waals surface area contributed by atoms with Crippen LogP contribution in [0.25, 0.3) is 0 Å². The lowest BCUT2D eigenvalue weighted by Crippen LogP contribution is -1.97. The molecule has 0 aromatic heterocycles. The van der Waals surface area contributed by atoms with Crippen molar-refractivity contribution >= 4 is 11.6 Å². The second kappa shape index (κ2) is 10.2. The molecule has 11 heavy (non-hydrogen) atoms. The Bertz CT molecular complexity index is 58.6. The second-order valence-electron chi connectivity index (χ2n) is 2.72. The summed E-state index contributed by atoms with van der Waals surface area (Å²) in [4.78, 5) is 0. The van der Waals surface area contributed by atoms with Crippen LogP contribution in [0.1, 0.15) is 39.0 Å². The number of ether oxygens (including phenoxy) is 1. The summed E-state index contributed by atoms with van der Waals surface area (Å²) < 4.78 is 5.23. The van der Waals surface area contributed by atoms with Crippen LogP contribution < -0.4 is 0 Å². The zero-order chi connectivity index (χ0) is 8.36.